The number of sulfonamides is 1. The van der Waals surface area contributed by atoms with Crippen molar-refractivity contribution in [2.45, 2.75) is 11.0 Å². The van der Waals surface area contributed by atoms with Crippen molar-refractivity contribution in [1.82, 2.24) is 9.62 Å². The largest absolute Gasteiger partial charge is 0.387 e. The van der Waals surface area contributed by atoms with E-state index in [1.165, 1.54) is 38.4 Å². The van der Waals surface area contributed by atoms with Gasteiger partial charge in [-0.25, -0.2) is 12.7 Å². The lowest BCUT2D eigenvalue weighted by atomic mass is 10.1. The van der Waals surface area contributed by atoms with Gasteiger partial charge < -0.3 is 10.4 Å². The van der Waals surface area contributed by atoms with E-state index in [0.717, 1.165) is 14.7 Å². The van der Waals surface area contributed by atoms with Crippen molar-refractivity contribution in [3.8, 4) is 10.4 Å². The van der Waals surface area contributed by atoms with Crippen LogP contribution in [0.5, 0.6) is 0 Å². The molecule has 8 heteroatoms. The van der Waals surface area contributed by atoms with Crippen molar-refractivity contribution in [2.75, 3.05) is 20.6 Å². The molecule has 0 aliphatic carbocycles. The van der Waals surface area contributed by atoms with Crippen LogP contribution in [0, 0.1) is 0 Å². The van der Waals surface area contributed by atoms with Gasteiger partial charge in [0, 0.05) is 31.1 Å². The summed E-state index contributed by atoms with van der Waals surface area (Å²) in [7, 11) is -0.641. The number of carbonyl (C=O) groups excluding carboxylic acids is 1. The second kappa shape index (κ2) is 8.87. The standard InChI is InChI=1S/C21H22N2O4S2/c1-23(2)29(26,27)18-11-9-17(10-12-18)21(25)22-14-19(24)15-5-7-16(8-6-15)20-4-3-13-28-20/h3-13,19,24H,14H2,1-2H3,(H,22,25). The van der Waals surface area contributed by atoms with Gasteiger partial charge >= 0.3 is 0 Å². The van der Waals surface area contributed by atoms with Crippen LogP contribution in [0.1, 0.15) is 22.0 Å². The maximum atomic E-state index is 12.3. The van der Waals surface area contributed by atoms with Gasteiger partial charge in [0.2, 0.25) is 10.0 Å². The molecule has 29 heavy (non-hydrogen) atoms. The Bertz CT molecular complexity index is 1060. The number of hydrogen-bond acceptors (Lipinski definition) is 5. The highest BCUT2D eigenvalue weighted by molar-refractivity contribution is 7.89. The summed E-state index contributed by atoms with van der Waals surface area (Å²) < 4.78 is 25.3. The fraction of sp³-hybridized carbons (Fsp3) is 0.190. The zero-order valence-electron chi connectivity index (χ0n) is 16.1. The minimum absolute atomic E-state index is 0.0505. The van der Waals surface area contributed by atoms with Gasteiger partial charge in [-0.05, 0) is 46.8 Å². The molecule has 1 atom stereocenters. The molecular formula is C21H22N2O4S2. The second-order valence-corrected chi connectivity index (χ2v) is 9.74. The second-order valence-electron chi connectivity index (χ2n) is 6.64. The van der Waals surface area contributed by atoms with Crippen molar-refractivity contribution in [1.29, 1.82) is 0 Å². The van der Waals surface area contributed by atoms with E-state index < -0.39 is 16.1 Å². The van der Waals surface area contributed by atoms with Crippen molar-refractivity contribution >= 4 is 27.3 Å². The number of hydrogen-bond donors (Lipinski definition) is 2. The van der Waals surface area contributed by atoms with Gasteiger partial charge in [-0.3, -0.25) is 4.79 Å². The first kappa shape index (κ1) is 21.2. The van der Waals surface area contributed by atoms with Crippen LogP contribution in [0.4, 0.5) is 0 Å². The highest BCUT2D eigenvalue weighted by Gasteiger charge is 2.18. The number of benzene rings is 2. The fourth-order valence-corrected chi connectivity index (χ4v) is 4.35. The number of rotatable bonds is 7. The maximum absolute atomic E-state index is 12.3. The van der Waals surface area contributed by atoms with Gasteiger partial charge in [0.25, 0.3) is 5.91 Å². The quantitative estimate of drug-likeness (QED) is 0.603. The third-order valence-electron chi connectivity index (χ3n) is 4.45. The van der Waals surface area contributed by atoms with Crippen molar-refractivity contribution < 1.29 is 18.3 Å². The van der Waals surface area contributed by atoms with Crippen LogP contribution in [-0.4, -0.2) is 44.4 Å². The Morgan fingerprint density at radius 3 is 2.28 bits per heavy atom. The SMILES string of the molecule is CN(C)S(=O)(=O)c1ccc(C(=O)NCC(O)c2ccc(-c3cccs3)cc2)cc1. The molecule has 0 fully saturated rings. The minimum atomic E-state index is -3.54. The number of thiophene rings is 1. The zero-order chi connectivity index (χ0) is 21.0. The molecule has 2 N–H and O–H groups in total. The normalized spacial score (nSPS) is 12.7. The van der Waals surface area contributed by atoms with E-state index >= 15 is 0 Å². The molecule has 152 valence electrons. The lowest BCUT2D eigenvalue weighted by Gasteiger charge is -2.14. The summed E-state index contributed by atoms with van der Waals surface area (Å²) in [6, 6.07) is 17.3. The van der Waals surface area contributed by atoms with Crippen LogP contribution >= 0.6 is 11.3 Å². The number of aliphatic hydroxyl groups is 1. The number of amides is 1. The summed E-state index contributed by atoms with van der Waals surface area (Å²) in [5.41, 5.74) is 2.11. The van der Waals surface area contributed by atoms with E-state index in [-0.39, 0.29) is 17.3 Å². The number of aliphatic hydroxyl groups excluding tert-OH is 1. The van der Waals surface area contributed by atoms with E-state index in [9.17, 15) is 18.3 Å². The molecule has 0 saturated carbocycles. The molecule has 2 aromatic carbocycles. The van der Waals surface area contributed by atoms with Crippen molar-refractivity contribution in [2.24, 2.45) is 0 Å². The molecule has 1 heterocycles. The summed E-state index contributed by atoms with van der Waals surface area (Å²) in [5, 5.41) is 15.0. The topological polar surface area (TPSA) is 86.7 Å². The number of nitrogens with zero attached hydrogens (tertiary/aromatic N) is 1. The Balaban J connectivity index is 1.60. The molecule has 0 saturated heterocycles. The summed E-state index contributed by atoms with van der Waals surface area (Å²) in [4.78, 5) is 13.6. The van der Waals surface area contributed by atoms with Gasteiger partial charge in [0.1, 0.15) is 0 Å². The first-order valence-corrected chi connectivity index (χ1v) is 11.2. The van der Waals surface area contributed by atoms with Crippen molar-refractivity contribution in [3.05, 3.63) is 77.2 Å². The predicted octanol–water partition coefficient (Wildman–Crippen LogP) is 3.13. The van der Waals surface area contributed by atoms with Crippen LogP contribution in [0.15, 0.2) is 70.9 Å². The smallest absolute Gasteiger partial charge is 0.251 e. The Morgan fingerprint density at radius 2 is 1.72 bits per heavy atom. The van der Waals surface area contributed by atoms with Gasteiger partial charge in [-0.2, -0.15) is 0 Å². The molecule has 3 aromatic rings. The minimum Gasteiger partial charge on any atom is -0.387 e. The highest BCUT2D eigenvalue weighted by Crippen LogP contribution is 2.26. The van der Waals surface area contributed by atoms with E-state index in [1.54, 1.807) is 11.3 Å². The first-order valence-electron chi connectivity index (χ1n) is 8.92. The molecule has 1 aromatic heterocycles. The molecule has 1 unspecified atom stereocenters. The van der Waals surface area contributed by atoms with Crippen molar-refractivity contribution in [3.63, 3.8) is 0 Å². The Kier molecular flexibility index (Phi) is 6.49. The monoisotopic (exact) mass is 430 g/mol. The lowest BCUT2D eigenvalue weighted by molar-refractivity contribution is 0.0916. The average Bonchev–Trinajstić information content (AvgIpc) is 3.26. The summed E-state index contributed by atoms with van der Waals surface area (Å²) in [5.74, 6) is -0.381. The number of carbonyl (C=O) groups is 1. The summed E-state index contributed by atoms with van der Waals surface area (Å²) in [6.07, 6.45) is -0.843. The fourth-order valence-electron chi connectivity index (χ4n) is 2.71. The van der Waals surface area contributed by atoms with Crippen LogP contribution in [0.2, 0.25) is 0 Å². The zero-order valence-corrected chi connectivity index (χ0v) is 17.7. The van der Waals surface area contributed by atoms with Crippen LogP contribution < -0.4 is 5.32 Å². The summed E-state index contributed by atoms with van der Waals surface area (Å²) >= 11 is 1.65. The van der Waals surface area contributed by atoms with Gasteiger partial charge in [-0.1, -0.05) is 30.3 Å². The molecule has 6 nitrogen and oxygen atoms in total. The third-order valence-corrected chi connectivity index (χ3v) is 7.20. The van der Waals surface area contributed by atoms with Gasteiger partial charge in [-0.15, -0.1) is 11.3 Å². The summed E-state index contributed by atoms with van der Waals surface area (Å²) in [6.45, 7) is 0.0505. The molecule has 0 radical (unpaired) electrons. The maximum Gasteiger partial charge on any atom is 0.251 e. The van der Waals surface area contributed by atoms with E-state index in [0.29, 0.717) is 11.1 Å². The lowest BCUT2D eigenvalue weighted by Crippen LogP contribution is -2.28. The predicted molar refractivity (Wildman–Crippen MR) is 114 cm³/mol. The Labute approximate surface area is 174 Å². The van der Waals surface area contributed by atoms with Gasteiger partial charge in [0.15, 0.2) is 0 Å². The molecule has 0 aliphatic heterocycles. The van der Waals surface area contributed by atoms with E-state index in [4.69, 9.17) is 0 Å². The Hall–Kier alpha value is -2.52. The van der Waals surface area contributed by atoms with Gasteiger partial charge in [0.05, 0.1) is 11.0 Å². The first-order chi connectivity index (χ1) is 13.8. The Morgan fingerprint density at radius 1 is 1.07 bits per heavy atom. The van der Waals surface area contributed by atoms with Crippen LogP contribution in [-0.2, 0) is 10.0 Å². The van der Waals surface area contributed by atoms with Crippen LogP contribution in [0.3, 0.4) is 0 Å². The molecule has 1 amide bonds. The molecule has 0 spiro atoms. The van der Waals surface area contributed by atoms with E-state index in [2.05, 4.69) is 5.32 Å². The van der Waals surface area contributed by atoms with E-state index in [1.807, 2.05) is 41.8 Å². The number of nitrogens with one attached hydrogen (secondary N) is 1. The molecular weight excluding hydrogens is 408 g/mol. The molecule has 0 aliphatic rings. The molecule has 3 rings (SSSR count). The highest BCUT2D eigenvalue weighted by atomic mass is 32.2. The molecule has 0 bridgehead atoms. The third kappa shape index (κ3) is 4.91. The van der Waals surface area contributed by atoms with Crippen LogP contribution in [0.25, 0.3) is 10.4 Å². The average molecular weight is 431 g/mol.